The first-order valence-electron chi connectivity index (χ1n) is 6.29. The van der Waals surface area contributed by atoms with Crippen LogP contribution in [0.1, 0.15) is 39.2 Å². The van der Waals surface area contributed by atoms with Gasteiger partial charge in [0.2, 0.25) is 0 Å². The fourth-order valence-electron chi connectivity index (χ4n) is 1.89. The predicted octanol–water partition coefficient (Wildman–Crippen LogP) is 3.07. The minimum absolute atomic E-state index is 0.216. The van der Waals surface area contributed by atoms with E-state index >= 15 is 0 Å². The molecule has 4 nitrogen and oxygen atoms in total. The lowest BCUT2D eigenvalue weighted by atomic mass is 9.95. The van der Waals surface area contributed by atoms with E-state index in [1.54, 1.807) is 0 Å². The Morgan fingerprint density at radius 2 is 1.74 bits per heavy atom. The lowest BCUT2D eigenvalue weighted by molar-refractivity contribution is -0.149. The van der Waals surface area contributed by atoms with E-state index in [0.29, 0.717) is 0 Å². The number of aliphatic carboxylic acids is 1. The number of carbonyl (C=O) groups is 1. The summed E-state index contributed by atoms with van der Waals surface area (Å²) in [5.41, 5.74) is 0.666. The number of hydrogen-bond acceptors (Lipinski definition) is 3. The van der Waals surface area contributed by atoms with Crippen molar-refractivity contribution in [3.63, 3.8) is 0 Å². The van der Waals surface area contributed by atoms with Crippen LogP contribution in [0.15, 0.2) is 24.3 Å². The summed E-state index contributed by atoms with van der Waals surface area (Å²) in [6.45, 7) is 7.78. The van der Waals surface area contributed by atoms with Crippen molar-refractivity contribution in [3.05, 3.63) is 29.8 Å². The molecule has 1 aromatic rings. The van der Waals surface area contributed by atoms with Crippen LogP contribution in [0.3, 0.4) is 0 Å². The summed E-state index contributed by atoms with van der Waals surface area (Å²) in [7, 11) is 1.41. The zero-order valence-corrected chi connectivity index (χ0v) is 12.1. The maximum absolute atomic E-state index is 11.1. The Bertz CT molecular complexity index is 417. The average molecular weight is 266 g/mol. The Hall–Kier alpha value is -1.55. The van der Waals surface area contributed by atoms with Gasteiger partial charge in [0.05, 0.1) is 0 Å². The van der Waals surface area contributed by atoms with E-state index in [2.05, 4.69) is 0 Å². The van der Waals surface area contributed by atoms with Gasteiger partial charge in [-0.1, -0.05) is 19.1 Å². The second-order valence-electron chi connectivity index (χ2n) is 5.57. The van der Waals surface area contributed by atoms with E-state index in [0.717, 1.165) is 11.3 Å². The van der Waals surface area contributed by atoms with Gasteiger partial charge in [-0.05, 0) is 38.5 Å². The van der Waals surface area contributed by atoms with E-state index in [1.807, 2.05) is 52.0 Å². The van der Waals surface area contributed by atoms with E-state index in [9.17, 15) is 4.79 Å². The zero-order valence-electron chi connectivity index (χ0n) is 12.1. The van der Waals surface area contributed by atoms with E-state index < -0.39 is 12.1 Å². The van der Waals surface area contributed by atoms with E-state index in [-0.39, 0.29) is 11.5 Å². The van der Waals surface area contributed by atoms with Crippen LogP contribution in [0.4, 0.5) is 0 Å². The minimum atomic E-state index is -0.954. The van der Waals surface area contributed by atoms with Crippen LogP contribution in [0.5, 0.6) is 5.75 Å². The predicted molar refractivity (Wildman–Crippen MR) is 73.7 cm³/mol. The maximum Gasteiger partial charge on any atom is 0.333 e. The van der Waals surface area contributed by atoms with Crippen molar-refractivity contribution in [1.82, 2.24) is 0 Å². The second kappa shape index (κ2) is 6.06. The number of rotatable bonds is 5. The number of carboxylic acid groups (broad SMARTS) is 1. The fraction of sp³-hybridized carbons (Fsp3) is 0.533. The summed E-state index contributed by atoms with van der Waals surface area (Å²) in [4.78, 5) is 11.1. The van der Waals surface area contributed by atoms with Gasteiger partial charge in [0.15, 0.2) is 6.10 Å². The molecule has 0 aliphatic carbocycles. The molecule has 0 bridgehead atoms. The molecule has 2 atom stereocenters. The van der Waals surface area contributed by atoms with Crippen LogP contribution in [-0.2, 0) is 9.53 Å². The van der Waals surface area contributed by atoms with Gasteiger partial charge in [-0.3, -0.25) is 0 Å². The van der Waals surface area contributed by atoms with Gasteiger partial charge in [-0.25, -0.2) is 4.79 Å². The molecular formula is C15H22O4. The van der Waals surface area contributed by atoms with Crippen molar-refractivity contribution in [1.29, 1.82) is 0 Å². The van der Waals surface area contributed by atoms with Crippen LogP contribution in [0, 0.1) is 0 Å². The van der Waals surface area contributed by atoms with Crippen LogP contribution in [0.2, 0.25) is 0 Å². The van der Waals surface area contributed by atoms with Crippen molar-refractivity contribution in [2.75, 3.05) is 7.11 Å². The first-order chi connectivity index (χ1) is 8.74. The highest BCUT2D eigenvalue weighted by molar-refractivity contribution is 5.73. The molecule has 0 saturated heterocycles. The van der Waals surface area contributed by atoms with Gasteiger partial charge >= 0.3 is 5.97 Å². The Labute approximate surface area is 114 Å². The highest BCUT2D eigenvalue weighted by Gasteiger charge is 2.25. The van der Waals surface area contributed by atoms with Crippen molar-refractivity contribution in [2.45, 2.75) is 45.3 Å². The number of hydrogen-bond donors (Lipinski definition) is 1. The molecule has 0 saturated carbocycles. The van der Waals surface area contributed by atoms with Crippen LogP contribution < -0.4 is 4.74 Å². The second-order valence-corrected chi connectivity index (χ2v) is 5.57. The molecule has 106 valence electrons. The first kappa shape index (κ1) is 15.5. The summed E-state index contributed by atoms with van der Waals surface area (Å²) in [5, 5.41) is 9.06. The fourth-order valence-corrected chi connectivity index (χ4v) is 1.89. The molecule has 1 rings (SSSR count). The number of methoxy groups -OCH3 is 1. The van der Waals surface area contributed by atoms with E-state index in [4.69, 9.17) is 14.6 Å². The van der Waals surface area contributed by atoms with Gasteiger partial charge in [-0.2, -0.15) is 0 Å². The normalized spacial score (nSPS) is 14.8. The molecule has 0 spiro atoms. The Kier molecular flexibility index (Phi) is 4.95. The minimum Gasteiger partial charge on any atom is -0.488 e. The van der Waals surface area contributed by atoms with Crippen molar-refractivity contribution in [2.24, 2.45) is 0 Å². The van der Waals surface area contributed by atoms with E-state index in [1.165, 1.54) is 7.11 Å². The quantitative estimate of drug-likeness (QED) is 0.890. The molecule has 19 heavy (non-hydrogen) atoms. The smallest absolute Gasteiger partial charge is 0.333 e. The molecule has 0 aliphatic heterocycles. The topological polar surface area (TPSA) is 55.8 Å². The third-order valence-electron chi connectivity index (χ3n) is 2.78. The summed E-state index contributed by atoms with van der Waals surface area (Å²) < 4.78 is 10.7. The number of ether oxygens (including phenoxy) is 2. The standard InChI is InChI=1S/C15H22O4/c1-10(13(18-5)14(16)17)11-6-8-12(9-7-11)19-15(2,3)4/h6-10,13H,1-5H3,(H,16,17). The third kappa shape index (κ3) is 4.56. The molecule has 4 heteroatoms. The zero-order chi connectivity index (χ0) is 14.6. The Balaban J connectivity index is 2.83. The summed E-state index contributed by atoms with van der Waals surface area (Å²) >= 11 is 0. The molecule has 0 aliphatic rings. The van der Waals surface area contributed by atoms with Gasteiger partial charge in [-0.15, -0.1) is 0 Å². The van der Waals surface area contributed by atoms with Gasteiger partial charge < -0.3 is 14.6 Å². The number of carboxylic acids is 1. The third-order valence-corrected chi connectivity index (χ3v) is 2.78. The maximum atomic E-state index is 11.1. The molecule has 0 radical (unpaired) electrons. The lowest BCUT2D eigenvalue weighted by Crippen LogP contribution is -2.28. The SMILES string of the molecule is COC(C(=O)O)C(C)c1ccc(OC(C)(C)C)cc1. The lowest BCUT2D eigenvalue weighted by Gasteiger charge is -2.22. The monoisotopic (exact) mass is 266 g/mol. The van der Waals surface area contributed by atoms with Crippen molar-refractivity contribution in [3.8, 4) is 5.75 Å². The summed E-state index contributed by atoms with van der Waals surface area (Å²) in [6, 6.07) is 7.46. The van der Waals surface area contributed by atoms with Crippen LogP contribution in [-0.4, -0.2) is 29.9 Å². The molecule has 1 aromatic carbocycles. The first-order valence-corrected chi connectivity index (χ1v) is 6.29. The molecule has 1 N–H and O–H groups in total. The van der Waals surface area contributed by atoms with Crippen LogP contribution >= 0.6 is 0 Å². The summed E-state index contributed by atoms with van der Waals surface area (Å²) in [6.07, 6.45) is -0.839. The Morgan fingerprint density at radius 3 is 2.11 bits per heavy atom. The highest BCUT2D eigenvalue weighted by atomic mass is 16.5. The molecule has 0 fully saturated rings. The largest absolute Gasteiger partial charge is 0.488 e. The van der Waals surface area contributed by atoms with Gasteiger partial charge in [0.1, 0.15) is 11.4 Å². The molecule has 2 unspecified atom stereocenters. The van der Waals surface area contributed by atoms with Crippen molar-refractivity contribution < 1.29 is 19.4 Å². The molecule has 0 heterocycles. The average Bonchev–Trinajstić information content (AvgIpc) is 2.28. The molecule has 0 aromatic heterocycles. The summed E-state index contributed by atoms with van der Waals surface area (Å²) in [5.74, 6) is -0.399. The van der Waals surface area contributed by atoms with Crippen molar-refractivity contribution >= 4 is 5.97 Å². The molecular weight excluding hydrogens is 244 g/mol. The van der Waals surface area contributed by atoms with Crippen LogP contribution in [0.25, 0.3) is 0 Å². The number of benzene rings is 1. The molecule has 0 amide bonds. The van der Waals surface area contributed by atoms with Gasteiger partial charge in [0.25, 0.3) is 0 Å². The van der Waals surface area contributed by atoms with Gasteiger partial charge in [0, 0.05) is 13.0 Å². The highest BCUT2D eigenvalue weighted by Crippen LogP contribution is 2.25. The Morgan fingerprint density at radius 1 is 1.21 bits per heavy atom.